The molecule has 110 valence electrons. The quantitative estimate of drug-likeness (QED) is 0.382. The molecule has 3 rings (SSSR count). The summed E-state index contributed by atoms with van der Waals surface area (Å²) in [6, 6.07) is 7.53. The van der Waals surface area contributed by atoms with Gasteiger partial charge >= 0.3 is 59.1 Å². The van der Waals surface area contributed by atoms with Gasteiger partial charge in [0.2, 0.25) is 0 Å². The van der Waals surface area contributed by atoms with Gasteiger partial charge < -0.3 is 24.5 Å². The van der Waals surface area contributed by atoms with E-state index in [9.17, 15) is 19.8 Å². The number of carbonyl (C=O) groups excluding carboxylic acids is 2. The summed E-state index contributed by atoms with van der Waals surface area (Å²) in [4.78, 5) is 21.5. The van der Waals surface area contributed by atoms with Crippen molar-refractivity contribution in [3.8, 4) is 0 Å². The zero-order chi connectivity index (χ0) is 15.1. The van der Waals surface area contributed by atoms with Gasteiger partial charge in [0.15, 0.2) is 0 Å². The molecule has 0 spiro atoms. The zero-order valence-corrected chi connectivity index (χ0v) is 17.3. The maximum atomic E-state index is 10.8. The number of hydrogen-bond acceptors (Lipinski definition) is 5. The van der Waals surface area contributed by atoms with Gasteiger partial charge in [-0.1, -0.05) is 24.3 Å². The monoisotopic (exact) mass is 332 g/mol. The third kappa shape index (κ3) is 3.76. The van der Waals surface area contributed by atoms with Crippen LogP contribution in [0.4, 0.5) is 0 Å². The minimum Gasteiger partial charge on any atom is -0.550 e. The fourth-order valence-electron chi connectivity index (χ4n) is 3.29. The molecule has 0 aromatic heterocycles. The number of carboxylic acids is 2. The molecule has 1 aromatic rings. The standard InChI is InChI=1S/C16H16O5.2Na/c17-13(18)5-7-15-9-10-16(21-15,8-6-14(19)20)12-4-2-1-3-11(12)15;;/h1-4,9-10H,5-8H2,(H,17,18)(H,19,20);;/q;2*+1/p-2/t15-,16+;;. The van der Waals surface area contributed by atoms with E-state index in [0.29, 0.717) is 0 Å². The van der Waals surface area contributed by atoms with E-state index >= 15 is 0 Å². The Hall–Kier alpha value is -0.140. The molecular weight excluding hydrogens is 318 g/mol. The number of carbonyl (C=O) groups is 2. The zero-order valence-electron chi connectivity index (χ0n) is 13.3. The molecule has 2 bridgehead atoms. The van der Waals surface area contributed by atoms with Gasteiger partial charge in [-0.3, -0.25) is 0 Å². The van der Waals surface area contributed by atoms with Crippen LogP contribution in [0.3, 0.4) is 0 Å². The van der Waals surface area contributed by atoms with E-state index in [-0.39, 0.29) is 84.8 Å². The van der Waals surface area contributed by atoms with Gasteiger partial charge in [0, 0.05) is 11.9 Å². The van der Waals surface area contributed by atoms with Crippen LogP contribution in [-0.4, -0.2) is 11.9 Å². The van der Waals surface area contributed by atoms with Crippen LogP contribution in [-0.2, 0) is 25.5 Å². The fraction of sp³-hybridized carbons (Fsp3) is 0.375. The smallest absolute Gasteiger partial charge is 0.550 e. The first-order valence-corrected chi connectivity index (χ1v) is 6.88. The van der Waals surface area contributed by atoms with Crippen LogP contribution >= 0.6 is 0 Å². The molecule has 2 atom stereocenters. The van der Waals surface area contributed by atoms with E-state index in [2.05, 4.69) is 0 Å². The normalized spacial score (nSPS) is 26.1. The van der Waals surface area contributed by atoms with Crippen molar-refractivity contribution in [1.82, 2.24) is 0 Å². The molecule has 7 heteroatoms. The molecule has 23 heavy (non-hydrogen) atoms. The van der Waals surface area contributed by atoms with Crippen molar-refractivity contribution < 1.29 is 83.7 Å². The maximum Gasteiger partial charge on any atom is 1.00 e. The largest absolute Gasteiger partial charge is 1.00 e. The van der Waals surface area contributed by atoms with E-state index in [1.165, 1.54) is 0 Å². The van der Waals surface area contributed by atoms with Crippen LogP contribution in [0.25, 0.3) is 0 Å². The second kappa shape index (κ2) is 7.83. The molecular formula is C16H14Na2O5. The summed E-state index contributed by atoms with van der Waals surface area (Å²) in [5.41, 5.74) is 0.241. The van der Waals surface area contributed by atoms with Crippen molar-refractivity contribution in [3.63, 3.8) is 0 Å². The van der Waals surface area contributed by atoms with E-state index in [0.717, 1.165) is 11.1 Å². The molecule has 0 unspecified atom stereocenters. The van der Waals surface area contributed by atoms with E-state index in [1.54, 1.807) is 0 Å². The van der Waals surface area contributed by atoms with Crippen LogP contribution in [0, 0.1) is 0 Å². The van der Waals surface area contributed by atoms with Crippen molar-refractivity contribution >= 4 is 11.9 Å². The Balaban J connectivity index is 0.00000132. The average Bonchev–Trinajstić information content (AvgIpc) is 2.97. The summed E-state index contributed by atoms with van der Waals surface area (Å²) in [6.45, 7) is 0. The molecule has 0 saturated carbocycles. The average molecular weight is 332 g/mol. The Bertz CT molecular complexity index is 592. The minimum atomic E-state index is -1.13. The molecule has 0 aliphatic carbocycles. The van der Waals surface area contributed by atoms with Crippen LogP contribution in [0.5, 0.6) is 0 Å². The predicted octanol–water partition coefficient (Wildman–Crippen LogP) is -6.25. The first kappa shape index (κ1) is 20.9. The summed E-state index contributed by atoms with van der Waals surface area (Å²) in [6.07, 6.45) is 4.00. The molecule has 0 saturated heterocycles. The summed E-state index contributed by atoms with van der Waals surface area (Å²) in [5.74, 6) is -2.25. The number of carboxylic acid groups (broad SMARTS) is 2. The predicted molar refractivity (Wildman–Crippen MR) is 68.5 cm³/mol. The number of fused-ring (bicyclic) bond motifs is 5. The van der Waals surface area contributed by atoms with E-state index in [4.69, 9.17) is 4.74 Å². The minimum absolute atomic E-state index is 0. The van der Waals surface area contributed by atoms with Gasteiger partial charge in [0.25, 0.3) is 0 Å². The summed E-state index contributed by atoms with van der Waals surface area (Å²) < 4.78 is 6.13. The first-order valence-electron chi connectivity index (χ1n) is 6.88. The van der Waals surface area contributed by atoms with Gasteiger partial charge in [-0.05, 0) is 49.0 Å². The second-order valence-corrected chi connectivity index (χ2v) is 5.50. The van der Waals surface area contributed by atoms with Gasteiger partial charge in [-0.25, -0.2) is 0 Å². The Morgan fingerprint density at radius 2 is 1.26 bits per heavy atom. The molecule has 2 aliphatic heterocycles. The van der Waals surface area contributed by atoms with Crippen LogP contribution in [0.15, 0.2) is 36.4 Å². The Kier molecular flexibility index (Phi) is 7.11. The topological polar surface area (TPSA) is 89.5 Å². The number of aliphatic carboxylic acids is 2. The number of rotatable bonds is 6. The van der Waals surface area contributed by atoms with Crippen LogP contribution in [0.2, 0.25) is 0 Å². The third-order valence-electron chi connectivity index (χ3n) is 4.23. The van der Waals surface area contributed by atoms with Crippen molar-refractivity contribution in [1.29, 1.82) is 0 Å². The van der Waals surface area contributed by atoms with Crippen molar-refractivity contribution in [2.75, 3.05) is 0 Å². The van der Waals surface area contributed by atoms with Crippen LogP contribution in [0.1, 0.15) is 36.8 Å². The Morgan fingerprint density at radius 1 is 0.870 bits per heavy atom. The summed E-state index contributed by atoms with van der Waals surface area (Å²) in [5, 5.41) is 21.5. The van der Waals surface area contributed by atoms with Gasteiger partial charge in [-0.15, -0.1) is 0 Å². The first-order chi connectivity index (χ1) is 9.97. The molecule has 1 aromatic carbocycles. The number of hydrogen-bond donors (Lipinski definition) is 0. The molecule has 2 aliphatic rings. The van der Waals surface area contributed by atoms with Gasteiger partial charge in [0.05, 0.1) is 0 Å². The second-order valence-electron chi connectivity index (χ2n) is 5.50. The SMILES string of the molecule is O=C([O-])CC[C@@]12C=C[C@@](CCC(=O)[O-])(O1)c1ccccc12.[Na+].[Na+]. The van der Waals surface area contributed by atoms with E-state index in [1.807, 2.05) is 36.4 Å². The van der Waals surface area contributed by atoms with Crippen molar-refractivity contribution in [2.24, 2.45) is 0 Å². The summed E-state index contributed by atoms with van der Waals surface area (Å²) >= 11 is 0. The van der Waals surface area contributed by atoms with Gasteiger partial charge in [0.1, 0.15) is 11.2 Å². The third-order valence-corrected chi connectivity index (χ3v) is 4.23. The fourth-order valence-corrected chi connectivity index (χ4v) is 3.29. The van der Waals surface area contributed by atoms with Crippen molar-refractivity contribution in [3.05, 3.63) is 47.5 Å². The Labute approximate surface area is 178 Å². The van der Waals surface area contributed by atoms with Crippen LogP contribution < -0.4 is 69.3 Å². The number of ether oxygens (including phenoxy) is 1. The summed E-state index contributed by atoms with van der Waals surface area (Å²) in [7, 11) is 0. The molecule has 0 amide bonds. The van der Waals surface area contributed by atoms with E-state index < -0.39 is 23.1 Å². The molecule has 5 nitrogen and oxygen atoms in total. The Morgan fingerprint density at radius 3 is 1.61 bits per heavy atom. The maximum absolute atomic E-state index is 10.8. The molecule has 2 heterocycles. The molecule has 0 fully saturated rings. The van der Waals surface area contributed by atoms with Crippen molar-refractivity contribution in [2.45, 2.75) is 36.9 Å². The molecule has 0 radical (unpaired) electrons. The van der Waals surface area contributed by atoms with Gasteiger partial charge in [-0.2, -0.15) is 0 Å². The molecule has 0 N–H and O–H groups in total. The number of benzene rings is 1.